The maximum Gasteiger partial charge on any atom is 0.0645 e. The fourth-order valence-electron chi connectivity index (χ4n) is 2.89. The van der Waals surface area contributed by atoms with Gasteiger partial charge in [-0.2, -0.15) is 0 Å². The van der Waals surface area contributed by atoms with Gasteiger partial charge in [-0.25, -0.2) is 0 Å². The lowest BCUT2D eigenvalue weighted by molar-refractivity contribution is 1.17. The minimum atomic E-state index is 0.745. The molecule has 0 aliphatic heterocycles. The van der Waals surface area contributed by atoms with Gasteiger partial charge >= 0.3 is 0 Å². The van der Waals surface area contributed by atoms with Crippen LogP contribution in [0.25, 0.3) is 27.5 Å². The number of anilines is 1. The van der Waals surface area contributed by atoms with Gasteiger partial charge < -0.3 is 10.3 Å². The molecule has 1 aromatic heterocycles. The molecule has 0 spiro atoms. The van der Waals surface area contributed by atoms with Crippen molar-refractivity contribution in [2.24, 2.45) is 0 Å². The molecule has 2 N–H and O–H groups in total. The number of nitrogens with zero attached hydrogens (tertiary/aromatic N) is 1. The summed E-state index contributed by atoms with van der Waals surface area (Å²) in [6, 6.07) is 22.9. The molecule has 0 amide bonds. The zero-order valence-corrected chi connectivity index (χ0v) is 12.8. The van der Waals surface area contributed by atoms with Crippen LogP contribution in [-0.4, -0.2) is 4.57 Å². The normalized spacial score (nSPS) is 11.3. The van der Waals surface area contributed by atoms with Crippen LogP contribution in [0.2, 0.25) is 0 Å². The van der Waals surface area contributed by atoms with Crippen LogP contribution in [0.15, 0.2) is 71.2 Å². The van der Waals surface area contributed by atoms with E-state index in [2.05, 4.69) is 75.1 Å². The van der Waals surface area contributed by atoms with Gasteiger partial charge in [-0.1, -0.05) is 42.5 Å². The maximum atomic E-state index is 6.05. The molecule has 0 saturated carbocycles. The van der Waals surface area contributed by atoms with Crippen LogP contribution in [-0.2, 0) is 0 Å². The summed E-state index contributed by atoms with van der Waals surface area (Å²) in [4.78, 5) is 0. The zero-order chi connectivity index (χ0) is 14.4. The van der Waals surface area contributed by atoms with Gasteiger partial charge in [-0.15, -0.1) is 0 Å². The molecule has 0 atom stereocenters. The first-order valence-corrected chi connectivity index (χ1v) is 7.59. The highest BCUT2D eigenvalue weighted by Gasteiger charge is 2.13. The van der Waals surface area contributed by atoms with Crippen molar-refractivity contribution in [2.45, 2.75) is 0 Å². The lowest BCUT2D eigenvalue weighted by atomic mass is 10.2. The lowest BCUT2D eigenvalue weighted by Crippen LogP contribution is -1.97. The monoisotopic (exact) mass is 336 g/mol. The smallest absolute Gasteiger partial charge is 0.0645 e. The summed E-state index contributed by atoms with van der Waals surface area (Å²) < 4.78 is 3.18. The average molecular weight is 337 g/mol. The van der Waals surface area contributed by atoms with Crippen LogP contribution in [0.1, 0.15) is 0 Å². The van der Waals surface area contributed by atoms with Crippen LogP contribution in [0.4, 0.5) is 5.69 Å². The second kappa shape index (κ2) is 4.64. The third kappa shape index (κ3) is 1.78. The number of nitrogen functional groups attached to an aromatic ring is 1. The summed E-state index contributed by atoms with van der Waals surface area (Å²) >= 11 is 3.63. The van der Waals surface area contributed by atoms with Crippen LogP contribution in [0.5, 0.6) is 0 Å². The van der Waals surface area contributed by atoms with Crippen molar-refractivity contribution in [1.82, 2.24) is 4.57 Å². The molecule has 0 bridgehead atoms. The first-order chi connectivity index (χ1) is 10.3. The molecular weight excluding hydrogens is 324 g/mol. The van der Waals surface area contributed by atoms with E-state index in [0.29, 0.717) is 0 Å². The molecule has 2 nitrogen and oxygen atoms in total. The first-order valence-electron chi connectivity index (χ1n) is 6.80. The Balaban J connectivity index is 2.23. The van der Waals surface area contributed by atoms with Crippen molar-refractivity contribution < 1.29 is 0 Å². The summed E-state index contributed by atoms with van der Waals surface area (Å²) in [7, 11) is 0. The molecule has 0 aliphatic carbocycles. The van der Waals surface area contributed by atoms with E-state index in [1.165, 1.54) is 21.8 Å². The molecule has 0 saturated heterocycles. The molecule has 3 heteroatoms. The minimum Gasteiger partial charge on any atom is -0.398 e. The van der Waals surface area contributed by atoms with E-state index in [4.69, 9.17) is 5.73 Å². The molecule has 0 radical (unpaired) electrons. The Morgan fingerprint density at radius 3 is 1.90 bits per heavy atom. The molecule has 0 aliphatic rings. The predicted molar refractivity (Wildman–Crippen MR) is 92.9 cm³/mol. The van der Waals surface area contributed by atoms with Gasteiger partial charge in [-0.3, -0.25) is 0 Å². The Labute approximate surface area is 130 Å². The van der Waals surface area contributed by atoms with Crippen molar-refractivity contribution in [3.05, 3.63) is 71.2 Å². The molecule has 4 aromatic rings. The number of hydrogen-bond acceptors (Lipinski definition) is 1. The Morgan fingerprint density at radius 1 is 0.714 bits per heavy atom. The molecule has 102 valence electrons. The fourth-order valence-corrected chi connectivity index (χ4v) is 3.33. The number of aromatic nitrogens is 1. The highest BCUT2D eigenvalue weighted by molar-refractivity contribution is 9.10. The number of fused-ring (bicyclic) bond motifs is 3. The second-order valence-corrected chi connectivity index (χ2v) is 5.84. The van der Waals surface area contributed by atoms with Gasteiger partial charge in [0.15, 0.2) is 0 Å². The van der Waals surface area contributed by atoms with Crippen LogP contribution >= 0.6 is 15.9 Å². The van der Waals surface area contributed by atoms with E-state index in [1.54, 1.807) is 0 Å². The first kappa shape index (κ1) is 12.5. The zero-order valence-electron chi connectivity index (χ0n) is 11.3. The van der Waals surface area contributed by atoms with Crippen molar-refractivity contribution >= 4 is 43.4 Å². The summed E-state index contributed by atoms with van der Waals surface area (Å²) in [5, 5.41) is 2.50. The van der Waals surface area contributed by atoms with Crippen molar-refractivity contribution in [2.75, 3.05) is 5.73 Å². The third-order valence-electron chi connectivity index (χ3n) is 3.83. The maximum absolute atomic E-state index is 6.05. The number of nitrogens with two attached hydrogens (primary N) is 1. The second-order valence-electron chi connectivity index (χ2n) is 5.05. The SMILES string of the molecule is Nc1cccc(-n2c3ccccc3c3ccccc32)c1Br. The van der Waals surface area contributed by atoms with Crippen LogP contribution in [0, 0.1) is 0 Å². The molecule has 3 aromatic carbocycles. The summed E-state index contributed by atoms with van der Waals surface area (Å²) in [5.74, 6) is 0. The number of rotatable bonds is 1. The van der Waals surface area contributed by atoms with Gasteiger partial charge in [0.25, 0.3) is 0 Å². The highest BCUT2D eigenvalue weighted by atomic mass is 79.9. The van der Waals surface area contributed by atoms with Gasteiger partial charge in [0.05, 0.1) is 21.2 Å². The van der Waals surface area contributed by atoms with Crippen LogP contribution < -0.4 is 5.73 Å². The van der Waals surface area contributed by atoms with Crippen molar-refractivity contribution in [1.29, 1.82) is 0 Å². The van der Waals surface area contributed by atoms with Crippen molar-refractivity contribution in [3.63, 3.8) is 0 Å². The molecule has 21 heavy (non-hydrogen) atoms. The van der Waals surface area contributed by atoms with Crippen molar-refractivity contribution in [3.8, 4) is 5.69 Å². The Hall–Kier alpha value is -2.26. The van der Waals surface area contributed by atoms with E-state index < -0.39 is 0 Å². The minimum absolute atomic E-state index is 0.745. The van der Waals surface area contributed by atoms with E-state index in [0.717, 1.165) is 15.8 Å². The average Bonchev–Trinajstić information content (AvgIpc) is 2.85. The summed E-state index contributed by atoms with van der Waals surface area (Å²) in [5.41, 5.74) is 10.2. The van der Waals surface area contributed by atoms with E-state index in [9.17, 15) is 0 Å². The topological polar surface area (TPSA) is 30.9 Å². The number of hydrogen-bond donors (Lipinski definition) is 1. The van der Waals surface area contributed by atoms with Gasteiger partial charge in [0.1, 0.15) is 0 Å². The van der Waals surface area contributed by atoms with Gasteiger partial charge in [0, 0.05) is 16.5 Å². The largest absolute Gasteiger partial charge is 0.398 e. The summed E-state index contributed by atoms with van der Waals surface area (Å²) in [6.07, 6.45) is 0. The number of benzene rings is 3. The predicted octanol–water partition coefficient (Wildman–Crippen LogP) is 5.13. The van der Waals surface area contributed by atoms with Gasteiger partial charge in [-0.05, 0) is 40.2 Å². The Bertz CT molecular complexity index is 916. The van der Waals surface area contributed by atoms with Gasteiger partial charge in [0.2, 0.25) is 0 Å². The molecule has 0 fully saturated rings. The Morgan fingerprint density at radius 2 is 1.29 bits per heavy atom. The van der Waals surface area contributed by atoms with Crippen LogP contribution in [0.3, 0.4) is 0 Å². The fraction of sp³-hybridized carbons (Fsp3) is 0. The summed E-state index contributed by atoms with van der Waals surface area (Å²) in [6.45, 7) is 0. The number of para-hydroxylation sites is 2. The van der Waals surface area contributed by atoms with E-state index in [-0.39, 0.29) is 0 Å². The highest BCUT2D eigenvalue weighted by Crippen LogP contribution is 2.35. The molecule has 1 heterocycles. The van der Waals surface area contributed by atoms with E-state index in [1.807, 2.05) is 12.1 Å². The lowest BCUT2D eigenvalue weighted by Gasteiger charge is -2.11. The molecule has 4 rings (SSSR count). The molecular formula is C18H13BrN2. The quantitative estimate of drug-likeness (QED) is 0.480. The number of halogens is 1. The standard InChI is InChI=1S/C18H13BrN2/c19-18-14(20)8-5-11-17(18)21-15-9-3-1-6-12(15)13-7-2-4-10-16(13)21/h1-11H,20H2. The Kier molecular flexibility index (Phi) is 2.76. The third-order valence-corrected chi connectivity index (χ3v) is 4.69. The molecule has 0 unspecified atom stereocenters. The van der Waals surface area contributed by atoms with E-state index >= 15 is 0 Å².